The molecule has 0 aliphatic carbocycles. The number of rotatable bonds is 7. The zero-order chi connectivity index (χ0) is 36.1. The number of nitrogens with one attached hydrogen (secondary N) is 4. The maximum Gasteiger partial charge on any atom is 0.417 e. The summed E-state index contributed by atoms with van der Waals surface area (Å²) in [5.41, 5.74) is 1.53. The van der Waals surface area contributed by atoms with Gasteiger partial charge in [0.2, 0.25) is 23.6 Å². The van der Waals surface area contributed by atoms with Crippen LogP contribution in [0.2, 0.25) is 0 Å². The van der Waals surface area contributed by atoms with Crippen molar-refractivity contribution in [1.29, 1.82) is 0 Å². The predicted molar refractivity (Wildman–Crippen MR) is 172 cm³/mol. The number of alkyl carbamates (subject to hydrolysis) is 1. The van der Waals surface area contributed by atoms with E-state index in [-0.39, 0.29) is 56.5 Å². The average Bonchev–Trinajstić information content (AvgIpc) is 3.10. The topological polar surface area (TPSA) is 175 Å². The van der Waals surface area contributed by atoms with Crippen molar-refractivity contribution in [3.8, 4) is 11.1 Å². The van der Waals surface area contributed by atoms with Gasteiger partial charge in [-0.15, -0.1) is 0 Å². The van der Waals surface area contributed by atoms with Gasteiger partial charge < -0.3 is 20.1 Å². The highest BCUT2D eigenvalue weighted by atomic mass is 19.4. The fraction of sp³-hybridized carbons (Fsp3) is 0.500. The summed E-state index contributed by atoms with van der Waals surface area (Å²) < 4.78 is 51.5. The fourth-order valence-corrected chi connectivity index (χ4v) is 6.03. The fourth-order valence-electron chi connectivity index (χ4n) is 6.03. The standard InChI is InChI=1S/C34H42F3N5O8/c35-34(36,37)27-8-2-1-6-24(27)23-12-10-22(11-13-23)20-26-25(31(45)41-48)7-5-17-50-33(47)38-14-4-3-9-28(39-30(26)44)32(46)40-29(43)21-42-15-18-49-19-16-42/h1-2,6,8,10-13,25-26,28,48H,3-5,7,9,14-21H2,(H,38,47)(H,39,44)(H,41,45)(H,40,43,46)/t25-,26+,28-/m0/s1. The molecule has 2 aromatic rings. The molecule has 2 fully saturated rings. The predicted octanol–water partition coefficient (Wildman–Crippen LogP) is 2.80. The first-order chi connectivity index (χ1) is 24.0. The molecular formula is C34H42F3N5O8. The van der Waals surface area contributed by atoms with E-state index in [1.807, 2.05) is 4.90 Å². The second-order valence-electron chi connectivity index (χ2n) is 12.2. The summed E-state index contributed by atoms with van der Waals surface area (Å²) in [7, 11) is 0. The maximum atomic E-state index is 14.0. The van der Waals surface area contributed by atoms with Crippen molar-refractivity contribution in [2.75, 3.05) is 46.0 Å². The number of morpholine rings is 1. The van der Waals surface area contributed by atoms with E-state index in [4.69, 9.17) is 9.47 Å². The first kappa shape index (κ1) is 38.3. The number of ether oxygens (including phenoxy) is 2. The van der Waals surface area contributed by atoms with E-state index in [0.717, 1.165) is 6.07 Å². The van der Waals surface area contributed by atoms with Gasteiger partial charge in [0, 0.05) is 19.6 Å². The number of cyclic esters (lactones) is 1. The van der Waals surface area contributed by atoms with E-state index in [1.165, 1.54) is 30.3 Å². The van der Waals surface area contributed by atoms with E-state index in [0.29, 0.717) is 44.7 Å². The van der Waals surface area contributed by atoms with Gasteiger partial charge in [0.1, 0.15) is 6.04 Å². The van der Waals surface area contributed by atoms with Crippen molar-refractivity contribution >= 4 is 29.7 Å². The number of benzene rings is 2. The highest BCUT2D eigenvalue weighted by Crippen LogP contribution is 2.37. The first-order valence-electron chi connectivity index (χ1n) is 16.5. The van der Waals surface area contributed by atoms with Crippen molar-refractivity contribution in [2.45, 2.75) is 50.7 Å². The van der Waals surface area contributed by atoms with Crippen LogP contribution < -0.4 is 21.4 Å². The number of imide groups is 1. The number of hydrogen-bond donors (Lipinski definition) is 5. The SMILES string of the molecule is O=C(CN1CCOCC1)NC(=O)[C@@H]1CCCCNC(=O)OCCC[C@H](C(=O)NO)[C@@H](Cc2ccc(-c3ccccc3C(F)(F)F)cc2)C(=O)N1. The molecule has 13 nitrogen and oxygen atoms in total. The normalized spacial score (nSPS) is 21.7. The molecule has 2 heterocycles. The summed E-state index contributed by atoms with van der Waals surface area (Å²) in [6.07, 6.45) is -4.34. The van der Waals surface area contributed by atoms with Crippen molar-refractivity contribution in [1.82, 2.24) is 26.3 Å². The van der Waals surface area contributed by atoms with Gasteiger partial charge in [-0.3, -0.25) is 34.6 Å². The van der Waals surface area contributed by atoms with Gasteiger partial charge >= 0.3 is 12.3 Å². The number of carbonyl (C=O) groups excluding carboxylic acids is 5. The summed E-state index contributed by atoms with van der Waals surface area (Å²) in [5.74, 6) is -5.27. The van der Waals surface area contributed by atoms with E-state index >= 15 is 0 Å². The zero-order valence-electron chi connectivity index (χ0n) is 27.4. The molecule has 2 aromatic carbocycles. The van der Waals surface area contributed by atoms with Crippen LogP contribution in [0.1, 0.15) is 43.2 Å². The van der Waals surface area contributed by atoms with Gasteiger partial charge in [0.25, 0.3) is 0 Å². The third-order valence-corrected chi connectivity index (χ3v) is 8.67. The van der Waals surface area contributed by atoms with Crippen molar-refractivity contribution in [3.05, 3.63) is 59.7 Å². The van der Waals surface area contributed by atoms with Crippen LogP contribution in [0.5, 0.6) is 0 Å². The highest BCUT2D eigenvalue weighted by molar-refractivity contribution is 6.00. The molecule has 272 valence electrons. The van der Waals surface area contributed by atoms with E-state index in [2.05, 4.69) is 16.0 Å². The van der Waals surface area contributed by atoms with Gasteiger partial charge in [0.05, 0.1) is 43.8 Å². The number of hydrogen-bond acceptors (Lipinski definition) is 9. The highest BCUT2D eigenvalue weighted by Gasteiger charge is 2.36. The van der Waals surface area contributed by atoms with Crippen LogP contribution in [-0.4, -0.2) is 91.9 Å². The molecule has 2 saturated heterocycles. The molecule has 50 heavy (non-hydrogen) atoms. The number of halogens is 3. The third kappa shape index (κ3) is 11.2. The van der Waals surface area contributed by atoms with E-state index in [1.54, 1.807) is 17.6 Å². The molecule has 0 saturated carbocycles. The summed E-state index contributed by atoms with van der Waals surface area (Å²) >= 11 is 0. The quantitative estimate of drug-likeness (QED) is 0.214. The molecule has 0 bridgehead atoms. The Labute approximate surface area is 287 Å². The van der Waals surface area contributed by atoms with Crippen LogP contribution in [0.25, 0.3) is 11.1 Å². The summed E-state index contributed by atoms with van der Waals surface area (Å²) in [6, 6.07) is 9.99. The number of carbonyl (C=O) groups is 5. The van der Waals surface area contributed by atoms with Gasteiger partial charge in [0.15, 0.2) is 0 Å². The smallest absolute Gasteiger partial charge is 0.417 e. The molecule has 2 aliphatic rings. The Hall–Kier alpha value is -4.54. The molecule has 0 unspecified atom stereocenters. The number of amides is 5. The minimum atomic E-state index is -4.58. The van der Waals surface area contributed by atoms with Crippen LogP contribution in [-0.2, 0) is 41.2 Å². The molecule has 3 atom stereocenters. The Kier molecular flexibility index (Phi) is 14.1. The average molecular weight is 706 g/mol. The maximum absolute atomic E-state index is 14.0. The Balaban J connectivity index is 1.59. The van der Waals surface area contributed by atoms with Crippen LogP contribution in [0.3, 0.4) is 0 Å². The summed E-state index contributed by atoms with van der Waals surface area (Å²) in [5, 5.41) is 17.3. The molecule has 4 rings (SSSR count). The molecule has 5 N–H and O–H groups in total. The Morgan fingerprint density at radius 2 is 1.64 bits per heavy atom. The Morgan fingerprint density at radius 3 is 2.34 bits per heavy atom. The van der Waals surface area contributed by atoms with E-state index < -0.39 is 59.3 Å². The van der Waals surface area contributed by atoms with Crippen LogP contribution in [0, 0.1) is 11.8 Å². The second kappa shape index (κ2) is 18.5. The largest absolute Gasteiger partial charge is 0.450 e. The molecule has 0 aromatic heterocycles. The van der Waals surface area contributed by atoms with Gasteiger partial charge in [-0.25, -0.2) is 10.3 Å². The number of alkyl halides is 3. The molecule has 5 amide bonds. The minimum Gasteiger partial charge on any atom is -0.450 e. The van der Waals surface area contributed by atoms with Crippen molar-refractivity contribution in [2.24, 2.45) is 11.8 Å². The lowest BCUT2D eigenvalue weighted by Gasteiger charge is -2.28. The zero-order valence-corrected chi connectivity index (χ0v) is 27.4. The molecule has 16 heteroatoms. The van der Waals surface area contributed by atoms with Crippen molar-refractivity contribution in [3.63, 3.8) is 0 Å². The summed E-state index contributed by atoms with van der Waals surface area (Å²) in [6.45, 7) is 2.04. The molecule has 0 spiro atoms. The lowest BCUT2D eigenvalue weighted by molar-refractivity contribution is -0.142. The minimum absolute atomic E-state index is 0.0102. The van der Waals surface area contributed by atoms with Crippen LogP contribution in [0.15, 0.2) is 48.5 Å². The first-order valence-corrected chi connectivity index (χ1v) is 16.5. The second-order valence-corrected chi connectivity index (χ2v) is 12.2. The van der Waals surface area contributed by atoms with Gasteiger partial charge in [-0.05, 0) is 61.3 Å². The van der Waals surface area contributed by atoms with Gasteiger partial charge in [-0.1, -0.05) is 42.5 Å². The Bertz CT molecular complexity index is 1480. The molecule has 0 radical (unpaired) electrons. The molecular weight excluding hydrogens is 663 g/mol. The summed E-state index contributed by atoms with van der Waals surface area (Å²) in [4.78, 5) is 67.1. The Morgan fingerprint density at radius 1 is 0.920 bits per heavy atom. The van der Waals surface area contributed by atoms with E-state index in [9.17, 15) is 42.4 Å². The number of hydroxylamine groups is 1. The lowest BCUT2D eigenvalue weighted by Crippen LogP contribution is -2.53. The number of nitrogens with zero attached hydrogens (tertiary/aromatic N) is 1. The lowest BCUT2D eigenvalue weighted by atomic mass is 9.82. The monoisotopic (exact) mass is 705 g/mol. The molecule has 2 aliphatic heterocycles. The van der Waals surface area contributed by atoms with Gasteiger partial charge in [-0.2, -0.15) is 13.2 Å². The third-order valence-electron chi connectivity index (χ3n) is 8.67. The van der Waals surface area contributed by atoms with Crippen molar-refractivity contribution < 1.29 is 51.8 Å². The van der Waals surface area contributed by atoms with Crippen LogP contribution in [0.4, 0.5) is 18.0 Å². The van der Waals surface area contributed by atoms with Crippen LogP contribution >= 0.6 is 0 Å².